The Balaban J connectivity index is 1.39. The average Bonchev–Trinajstić information content (AvgIpc) is 3.29. The minimum absolute atomic E-state index is 0.0439. The molecule has 2 aromatic heterocycles. The first-order valence-electron chi connectivity index (χ1n) is 11.8. The quantitative estimate of drug-likeness (QED) is 0.442. The number of rotatable bonds is 5. The van der Waals surface area contributed by atoms with Gasteiger partial charge in [0, 0.05) is 55.7 Å². The van der Waals surface area contributed by atoms with Gasteiger partial charge in [0.2, 0.25) is 0 Å². The number of hydrogen-bond donors (Lipinski definition) is 1. The van der Waals surface area contributed by atoms with Crippen molar-refractivity contribution in [2.75, 3.05) is 44.5 Å². The molecule has 1 atom stereocenters. The summed E-state index contributed by atoms with van der Waals surface area (Å²) in [6.07, 6.45) is 3.63. The maximum Gasteiger partial charge on any atom is 0.321 e. The Morgan fingerprint density at radius 2 is 1.94 bits per heavy atom. The Hall–Kier alpha value is -4.07. The minimum atomic E-state index is -0.0928. The molecule has 0 spiro atoms. The summed E-state index contributed by atoms with van der Waals surface area (Å²) in [6.45, 7) is 1.29. The van der Waals surface area contributed by atoms with Crippen LogP contribution in [0.15, 0.2) is 66.9 Å². The molecule has 180 valence electrons. The maximum absolute atomic E-state index is 13.1. The van der Waals surface area contributed by atoms with Crippen LogP contribution in [0.4, 0.5) is 16.2 Å². The van der Waals surface area contributed by atoms with E-state index in [2.05, 4.69) is 10.3 Å². The van der Waals surface area contributed by atoms with Gasteiger partial charge in [-0.25, -0.2) is 14.5 Å². The number of ether oxygens (including phenoxy) is 1. The van der Waals surface area contributed by atoms with Crippen molar-refractivity contribution in [2.24, 2.45) is 0 Å². The molecular formula is C27H30N6O2. The van der Waals surface area contributed by atoms with Crippen LogP contribution in [0.3, 0.4) is 0 Å². The molecule has 8 heteroatoms. The number of aromatic nitrogens is 3. The average molecular weight is 471 g/mol. The second-order valence-corrected chi connectivity index (χ2v) is 9.01. The van der Waals surface area contributed by atoms with Crippen LogP contribution in [0.5, 0.6) is 5.75 Å². The predicted octanol–water partition coefficient (Wildman–Crippen LogP) is 5.04. The molecule has 2 amide bonds. The fourth-order valence-electron chi connectivity index (χ4n) is 4.60. The van der Waals surface area contributed by atoms with Crippen LogP contribution in [0.1, 0.15) is 18.9 Å². The first-order chi connectivity index (χ1) is 17.0. The second kappa shape index (κ2) is 9.66. The van der Waals surface area contributed by atoms with Crippen molar-refractivity contribution in [2.45, 2.75) is 18.9 Å². The topological polar surface area (TPSA) is 75.5 Å². The lowest BCUT2D eigenvalue weighted by molar-refractivity contribution is 0.176. The molecule has 0 bridgehead atoms. The van der Waals surface area contributed by atoms with Gasteiger partial charge in [-0.05, 0) is 61.4 Å². The molecule has 8 nitrogen and oxygen atoms in total. The first-order valence-corrected chi connectivity index (χ1v) is 11.8. The van der Waals surface area contributed by atoms with E-state index < -0.39 is 0 Å². The molecule has 1 aliphatic heterocycles. The summed E-state index contributed by atoms with van der Waals surface area (Å²) in [4.78, 5) is 21.6. The van der Waals surface area contributed by atoms with E-state index in [0.717, 1.165) is 52.3 Å². The highest BCUT2D eigenvalue weighted by Crippen LogP contribution is 2.33. The highest BCUT2D eigenvalue weighted by molar-refractivity contribution is 5.92. The Labute approximate surface area is 205 Å². The summed E-state index contributed by atoms with van der Waals surface area (Å²) in [6, 6.07) is 19.7. The third-order valence-electron chi connectivity index (χ3n) is 6.47. The van der Waals surface area contributed by atoms with Crippen LogP contribution in [0, 0.1) is 0 Å². The standard InChI is InChI=1S/C27H30N6O2/c1-31(2)21-13-11-20(12-14-21)29-27(34)32-16-6-8-22(18-32)33-26-24(10-5-15-28-26)25(30-33)19-7-4-9-23(17-19)35-3/h4-5,7,9-15,17,22H,6,8,16,18H2,1-3H3,(H,29,34)/t22-/m0/s1. The summed E-state index contributed by atoms with van der Waals surface area (Å²) >= 11 is 0. The summed E-state index contributed by atoms with van der Waals surface area (Å²) in [5.41, 5.74) is 4.55. The van der Waals surface area contributed by atoms with Gasteiger partial charge >= 0.3 is 6.03 Å². The van der Waals surface area contributed by atoms with Crippen molar-refractivity contribution < 1.29 is 9.53 Å². The van der Waals surface area contributed by atoms with Crippen molar-refractivity contribution in [1.82, 2.24) is 19.7 Å². The number of nitrogens with one attached hydrogen (secondary N) is 1. The molecule has 3 heterocycles. The molecule has 0 unspecified atom stereocenters. The molecule has 0 aliphatic carbocycles. The Morgan fingerprint density at radius 3 is 2.71 bits per heavy atom. The van der Waals surface area contributed by atoms with Crippen LogP contribution in [-0.4, -0.2) is 60.0 Å². The number of carbonyl (C=O) groups is 1. The van der Waals surface area contributed by atoms with Crippen LogP contribution < -0.4 is 15.0 Å². The molecule has 4 aromatic rings. The van der Waals surface area contributed by atoms with Gasteiger partial charge in [-0.15, -0.1) is 0 Å². The summed E-state index contributed by atoms with van der Waals surface area (Å²) in [7, 11) is 5.65. The number of pyridine rings is 1. The molecule has 35 heavy (non-hydrogen) atoms. The third-order valence-corrected chi connectivity index (χ3v) is 6.47. The number of anilines is 2. The molecule has 0 saturated carbocycles. The number of carbonyl (C=O) groups excluding carboxylic acids is 1. The molecule has 1 fully saturated rings. The number of fused-ring (bicyclic) bond motifs is 1. The van der Waals surface area contributed by atoms with E-state index in [-0.39, 0.29) is 12.1 Å². The minimum Gasteiger partial charge on any atom is -0.497 e. The Kier molecular flexibility index (Phi) is 6.27. The smallest absolute Gasteiger partial charge is 0.321 e. The molecule has 1 aliphatic rings. The number of likely N-dealkylation sites (tertiary alicyclic amines) is 1. The highest BCUT2D eigenvalue weighted by Gasteiger charge is 2.28. The summed E-state index contributed by atoms with van der Waals surface area (Å²) < 4.78 is 7.41. The van der Waals surface area contributed by atoms with Gasteiger partial charge in [0.25, 0.3) is 0 Å². The second-order valence-electron chi connectivity index (χ2n) is 9.01. The zero-order chi connectivity index (χ0) is 24.4. The van der Waals surface area contributed by atoms with Crippen molar-refractivity contribution in [1.29, 1.82) is 0 Å². The van der Waals surface area contributed by atoms with Gasteiger partial charge in [-0.3, -0.25) is 0 Å². The number of urea groups is 1. The van der Waals surface area contributed by atoms with Gasteiger partial charge in [0.1, 0.15) is 11.4 Å². The van der Waals surface area contributed by atoms with Crippen LogP contribution in [-0.2, 0) is 0 Å². The molecule has 1 N–H and O–H groups in total. The third kappa shape index (κ3) is 4.64. The van der Waals surface area contributed by atoms with E-state index in [9.17, 15) is 4.79 Å². The van der Waals surface area contributed by atoms with E-state index >= 15 is 0 Å². The molecule has 0 radical (unpaired) electrons. The SMILES string of the molecule is COc1cccc(-c2nn([C@H]3CCCN(C(=O)Nc4ccc(N(C)C)cc4)C3)c3ncccc23)c1. The number of hydrogen-bond acceptors (Lipinski definition) is 5. The summed E-state index contributed by atoms with van der Waals surface area (Å²) in [5, 5.41) is 9.03. The van der Waals surface area contributed by atoms with Gasteiger partial charge in [-0.2, -0.15) is 5.10 Å². The highest BCUT2D eigenvalue weighted by atomic mass is 16.5. The number of benzene rings is 2. The van der Waals surface area contributed by atoms with E-state index in [0.29, 0.717) is 13.1 Å². The van der Waals surface area contributed by atoms with Crippen molar-refractivity contribution in [3.63, 3.8) is 0 Å². The predicted molar refractivity (Wildman–Crippen MR) is 139 cm³/mol. The van der Waals surface area contributed by atoms with E-state index in [1.165, 1.54) is 0 Å². The Morgan fingerprint density at radius 1 is 1.11 bits per heavy atom. The lowest BCUT2D eigenvalue weighted by atomic mass is 10.1. The largest absolute Gasteiger partial charge is 0.497 e. The number of methoxy groups -OCH3 is 1. The van der Waals surface area contributed by atoms with Gasteiger partial charge in [0.05, 0.1) is 13.2 Å². The zero-order valence-corrected chi connectivity index (χ0v) is 20.3. The molecular weight excluding hydrogens is 440 g/mol. The normalized spacial score (nSPS) is 15.7. The zero-order valence-electron chi connectivity index (χ0n) is 20.3. The van der Waals surface area contributed by atoms with Gasteiger partial charge in [0.15, 0.2) is 5.65 Å². The maximum atomic E-state index is 13.1. The van der Waals surface area contributed by atoms with E-state index in [1.807, 2.05) is 89.2 Å². The molecule has 5 rings (SSSR count). The van der Waals surface area contributed by atoms with Crippen molar-refractivity contribution in [3.05, 3.63) is 66.9 Å². The number of amides is 2. The van der Waals surface area contributed by atoms with Gasteiger partial charge in [-0.1, -0.05) is 12.1 Å². The number of nitrogens with zero attached hydrogens (tertiary/aromatic N) is 5. The van der Waals surface area contributed by atoms with Gasteiger partial charge < -0.3 is 19.9 Å². The monoisotopic (exact) mass is 470 g/mol. The summed E-state index contributed by atoms with van der Waals surface area (Å²) in [5.74, 6) is 0.785. The fourth-order valence-corrected chi connectivity index (χ4v) is 4.60. The molecule has 1 saturated heterocycles. The van der Waals surface area contributed by atoms with E-state index in [4.69, 9.17) is 9.84 Å². The lowest BCUT2D eigenvalue weighted by Crippen LogP contribution is -2.43. The molecule has 2 aromatic carbocycles. The van der Waals surface area contributed by atoms with Crippen LogP contribution in [0.2, 0.25) is 0 Å². The lowest BCUT2D eigenvalue weighted by Gasteiger charge is -2.33. The Bertz CT molecular complexity index is 1330. The van der Waals surface area contributed by atoms with Crippen LogP contribution >= 0.6 is 0 Å². The van der Waals surface area contributed by atoms with Crippen LogP contribution in [0.25, 0.3) is 22.3 Å². The first kappa shape index (κ1) is 22.7. The van der Waals surface area contributed by atoms with Crippen molar-refractivity contribution in [3.8, 4) is 17.0 Å². The van der Waals surface area contributed by atoms with Crippen molar-refractivity contribution >= 4 is 28.4 Å². The fraction of sp³-hybridized carbons (Fsp3) is 0.296. The number of piperidine rings is 1. The van der Waals surface area contributed by atoms with E-state index in [1.54, 1.807) is 13.3 Å².